The van der Waals surface area contributed by atoms with Gasteiger partial charge in [-0.25, -0.2) is 0 Å². The van der Waals surface area contributed by atoms with E-state index in [9.17, 15) is 19.7 Å². The normalized spacial score (nSPS) is 11.4. The Labute approximate surface area is 198 Å². The Morgan fingerprint density at radius 3 is 2.21 bits per heavy atom. The van der Waals surface area contributed by atoms with Gasteiger partial charge in [-0.1, -0.05) is 72.0 Å². The summed E-state index contributed by atoms with van der Waals surface area (Å²) in [7, 11) is 0. The van der Waals surface area contributed by atoms with Crippen molar-refractivity contribution in [1.29, 1.82) is 0 Å². The molecule has 9 nitrogen and oxygen atoms in total. The predicted octanol–water partition coefficient (Wildman–Crippen LogP) is 4.09. The fourth-order valence-corrected chi connectivity index (χ4v) is 3.95. The quantitative estimate of drug-likeness (QED) is 0.293. The van der Waals surface area contributed by atoms with Gasteiger partial charge >= 0.3 is 0 Å². The second kappa shape index (κ2) is 10.5. The maximum atomic E-state index is 13.1. The minimum Gasteiger partial charge on any atom is -0.340 e. The molecule has 0 saturated carbocycles. The van der Waals surface area contributed by atoms with E-state index in [-0.39, 0.29) is 17.7 Å². The molecule has 0 aliphatic rings. The molecule has 170 valence electrons. The number of benzene rings is 3. The maximum absolute atomic E-state index is 13.1. The number of hydrogen-bond acceptors (Lipinski definition) is 7. The molecule has 4 aromatic rings. The number of hydrogen-bond donors (Lipinski definition) is 2. The van der Waals surface area contributed by atoms with Gasteiger partial charge in [0, 0.05) is 29.7 Å². The first kappa shape index (κ1) is 22.7. The van der Waals surface area contributed by atoms with Gasteiger partial charge in [-0.3, -0.25) is 25.0 Å². The zero-order chi connectivity index (χ0) is 23.9. The molecule has 0 bridgehead atoms. The summed E-state index contributed by atoms with van der Waals surface area (Å²) >= 11 is 1.23. The molecule has 10 heteroatoms. The summed E-state index contributed by atoms with van der Waals surface area (Å²) in [4.78, 5) is 36.2. The van der Waals surface area contributed by atoms with Crippen LogP contribution in [0.3, 0.4) is 0 Å². The summed E-state index contributed by atoms with van der Waals surface area (Å²) in [5, 5.41) is 25.5. The zero-order valence-corrected chi connectivity index (χ0v) is 18.6. The lowest BCUT2D eigenvalue weighted by molar-refractivity contribution is -0.384. The van der Waals surface area contributed by atoms with Crippen molar-refractivity contribution < 1.29 is 14.5 Å². The first-order chi connectivity index (χ1) is 16.5. The van der Waals surface area contributed by atoms with E-state index in [1.165, 1.54) is 35.6 Å². The van der Waals surface area contributed by atoms with Crippen LogP contribution < -0.4 is 10.6 Å². The molecule has 0 aliphatic heterocycles. The smallest absolute Gasteiger partial charge is 0.269 e. The minimum absolute atomic E-state index is 0.124. The average molecular weight is 474 g/mol. The molecule has 1 atom stereocenters. The number of nitrogens with zero attached hydrogens (tertiary/aromatic N) is 3. The van der Waals surface area contributed by atoms with Crippen molar-refractivity contribution in [3.05, 3.63) is 106 Å². The number of aromatic nitrogens is 2. The molecule has 0 saturated heterocycles. The number of carbonyl (C=O) groups is 2. The molecule has 0 aliphatic carbocycles. The van der Waals surface area contributed by atoms with Gasteiger partial charge in [0.2, 0.25) is 11.0 Å². The van der Waals surface area contributed by atoms with Crippen LogP contribution in [-0.4, -0.2) is 33.0 Å². The molecular formula is C24H19N5O4S. The number of nitro benzene ring substituents is 1. The monoisotopic (exact) mass is 473 g/mol. The Balaban J connectivity index is 1.51. The zero-order valence-electron chi connectivity index (χ0n) is 17.8. The van der Waals surface area contributed by atoms with Crippen LogP contribution >= 0.6 is 11.3 Å². The van der Waals surface area contributed by atoms with Crippen LogP contribution in [0.5, 0.6) is 0 Å². The number of anilines is 1. The second-order valence-electron chi connectivity index (χ2n) is 7.29. The molecule has 3 aromatic carbocycles. The maximum Gasteiger partial charge on any atom is 0.269 e. The third-order valence-electron chi connectivity index (χ3n) is 4.92. The van der Waals surface area contributed by atoms with E-state index >= 15 is 0 Å². The molecule has 0 fully saturated rings. The first-order valence-corrected chi connectivity index (χ1v) is 11.1. The number of nitro groups is 1. The molecule has 1 aromatic heterocycles. The standard InChI is InChI=1S/C24H19N5O4S/c30-21(17-11-13-19(14-12-17)29(32)33)25-20(15-16-7-3-1-4-8-16)22(31)26-24-28-27-23(34-24)18-9-5-2-6-10-18/h1-14,20H,15H2,(H,25,30)(H,26,28,31). The lowest BCUT2D eigenvalue weighted by Crippen LogP contribution is -2.45. The molecule has 34 heavy (non-hydrogen) atoms. The van der Waals surface area contributed by atoms with Gasteiger partial charge in [0.1, 0.15) is 11.0 Å². The Morgan fingerprint density at radius 2 is 1.56 bits per heavy atom. The highest BCUT2D eigenvalue weighted by molar-refractivity contribution is 7.18. The van der Waals surface area contributed by atoms with Gasteiger partial charge in [-0.05, 0) is 17.7 Å². The summed E-state index contributed by atoms with van der Waals surface area (Å²) < 4.78 is 0. The Hall–Kier alpha value is -4.44. The summed E-state index contributed by atoms with van der Waals surface area (Å²) in [6, 6.07) is 23.0. The highest BCUT2D eigenvalue weighted by Crippen LogP contribution is 2.26. The van der Waals surface area contributed by atoms with Crippen LogP contribution in [-0.2, 0) is 11.2 Å². The molecule has 0 radical (unpaired) electrons. The van der Waals surface area contributed by atoms with Crippen LogP contribution in [0.4, 0.5) is 10.8 Å². The van der Waals surface area contributed by atoms with Gasteiger partial charge < -0.3 is 5.32 Å². The van der Waals surface area contributed by atoms with E-state index in [1.54, 1.807) is 0 Å². The minimum atomic E-state index is -0.908. The number of carbonyl (C=O) groups excluding carboxylic acids is 2. The van der Waals surface area contributed by atoms with E-state index in [1.807, 2.05) is 60.7 Å². The van der Waals surface area contributed by atoms with Gasteiger partial charge in [0.15, 0.2) is 0 Å². The van der Waals surface area contributed by atoms with Gasteiger partial charge in [0.05, 0.1) is 4.92 Å². The van der Waals surface area contributed by atoms with Crippen molar-refractivity contribution in [2.75, 3.05) is 5.32 Å². The van der Waals surface area contributed by atoms with Crippen LogP contribution in [0, 0.1) is 10.1 Å². The van der Waals surface area contributed by atoms with E-state index < -0.39 is 22.8 Å². The highest BCUT2D eigenvalue weighted by Gasteiger charge is 2.24. The SMILES string of the molecule is O=C(NC(Cc1ccccc1)C(=O)Nc1nnc(-c2ccccc2)s1)c1ccc([N+](=O)[O-])cc1. The van der Waals surface area contributed by atoms with Crippen molar-refractivity contribution >= 4 is 34.0 Å². The predicted molar refractivity (Wildman–Crippen MR) is 128 cm³/mol. The lowest BCUT2D eigenvalue weighted by Gasteiger charge is -2.18. The Bertz CT molecular complexity index is 1290. The summed E-state index contributed by atoms with van der Waals surface area (Å²) in [5.74, 6) is -0.969. The van der Waals surface area contributed by atoms with Gasteiger partial charge in [-0.2, -0.15) is 0 Å². The molecule has 1 unspecified atom stereocenters. The topological polar surface area (TPSA) is 127 Å². The third-order valence-corrected chi connectivity index (χ3v) is 5.81. The number of amides is 2. The largest absolute Gasteiger partial charge is 0.340 e. The van der Waals surface area contributed by atoms with Gasteiger partial charge in [0.25, 0.3) is 11.6 Å². The van der Waals surface area contributed by atoms with Crippen LogP contribution in [0.1, 0.15) is 15.9 Å². The average Bonchev–Trinajstić information content (AvgIpc) is 3.33. The summed E-state index contributed by atoms with van der Waals surface area (Å²) in [6.07, 6.45) is 0.246. The molecule has 2 amide bonds. The van der Waals surface area contributed by atoms with Crippen molar-refractivity contribution in [3.63, 3.8) is 0 Å². The van der Waals surface area contributed by atoms with E-state index in [0.717, 1.165) is 11.1 Å². The van der Waals surface area contributed by atoms with Crippen molar-refractivity contribution in [3.8, 4) is 10.6 Å². The first-order valence-electron chi connectivity index (χ1n) is 10.3. The summed E-state index contributed by atoms with van der Waals surface area (Å²) in [6.45, 7) is 0. The summed E-state index contributed by atoms with van der Waals surface area (Å²) in [5.41, 5.74) is 1.82. The number of rotatable bonds is 8. The highest BCUT2D eigenvalue weighted by atomic mass is 32.1. The molecule has 2 N–H and O–H groups in total. The number of nitrogens with one attached hydrogen (secondary N) is 2. The molecular weight excluding hydrogens is 454 g/mol. The lowest BCUT2D eigenvalue weighted by atomic mass is 10.0. The van der Waals surface area contributed by atoms with Crippen LogP contribution in [0.25, 0.3) is 10.6 Å². The molecule has 1 heterocycles. The Morgan fingerprint density at radius 1 is 0.912 bits per heavy atom. The third kappa shape index (κ3) is 5.67. The fraction of sp³-hybridized carbons (Fsp3) is 0.0833. The van der Waals surface area contributed by atoms with E-state index in [0.29, 0.717) is 10.1 Å². The second-order valence-corrected chi connectivity index (χ2v) is 8.26. The molecule has 4 rings (SSSR count). The van der Waals surface area contributed by atoms with Crippen LogP contribution in [0.2, 0.25) is 0 Å². The van der Waals surface area contributed by atoms with Crippen LogP contribution in [0.15, 0.2) is 84.9 Å². The number of non-ortho nitro benzene ring substituents is 1. The molecule has 0 spiro atoms. The van der Waals surface area contributed by atoms with Crippen molar-refractivity contribution in [2.45, 2.75) is 12.5 Å². The fourth-order valence-electron chi connectivity index (χ4n) is 3.20. The Kier molecular flexibility index (Phi) is 6.99. The van der Waals surface area contributed by atoms with Crippen molar-refractivity contribution in [1.82, 2.24) is 15.5 Å². The van der Waals surface area contributed by atoms with Crippen molar-refractivity contribution in [2.24, 2.45) is 0 Å². The van der Waals surface area contributed by atoms with E-state index in [2.05, 4.69) is 20.8 Å². The van der Waals surface area contributed by atoms with Gasteiger partial charge in [-0.15, -0.1) is 10.2 Å². The van der Waals surface area contributed by atoms with E-state index in [4.69, 9.17) is 0 Å².